The second kappa shape index (κ2) is 39.7. The number of rotatable bonds is 26. The van der Waals surface area contributed by atoms with Crippen LogP contribution in [0.25, 0.3) is 10.9 Å². The minimum absolute atomic E-state index is 0.0402. The number of phenolic OH excluding ortho intramolecular Hbond substituents is 1. The van der Waals surface area contributed by atoms with Crippen molar-refractivity contribution in [2.45, 2.75) is 164 Å². The first-order valence-corrected chi connectivity index (χ1v) is 34.5. The fourth-order valence-corrected chi connectivity index (χ4v) is 13.0. The van der Waals surface area contributed by atoms with Crippen molar-refractivity contribution in [2.24, 2.45) is 17.4 Å². The molecule has 544 valence electrons. The Balaban J connectivity index is 0.00000438. The number of nitrogens with one attached hydrogen (secondary N) is 10. The Morgan fingerprint density at radius 1 is 0.650 bits per heavy atom. The quantitative estimate of drug-likeness (QED) is 0.0311. The lowest BCUT2D eigenvalue weighted by Crippen LogP contribution is -2.62. The maximum Gasteiger partial charge on any atom is 0.326 e. The Labute approximate surface area is 582 Å². The number of nitrogens with zero attached hydrogens (tertiary/aromatic N) is 1. The zero-order valence-electron chi connectivity index (χ0n) is 55.3. The van der Waals surface area contributed by atoms with Crippen molar-refractivity contribution in [3.05, 3.63) is 102 Å². The molecule has 33 nitrogen and oxygen atoms in total. The Morgan fingerprint density at radius 2 is 1.21 bits per heavy atom. The number of carbonyl (C=O) groups excluding carboxylic acids is 10. The van der Waals surface area contributed by atoms with Crippen LogP contribution in [0.4, 0.5) is 0 Å². The maximum atomic E-state index is 15.1. The number of amides is 10. The first-order chi connectivity index (χ1) is 47.4. The minimum Gasteiger partial charge on any atom is -0.508 e. The standard InChI is InChI=1S/C63H83N13O18S2.C2H4O2/c1-32(2)51(63(93)94)74-60(90)47-31-96-95-30-46(72-58(88)45(28-50(81)82)71-61(91)48-16-10-24-76(48)62(92)52(33(3)77)75-53(83)39(65)21-22-49(79)80)59(89)69-42(25-34-11-5-4-6-12-34)55(85)70-44(27-36-29-66-40-14-8-7-13-38(36)40)57(87)67-41(15-9-23-64)54(84)68-43(56(86)73-47)26-35-17-19-37(78)20-18-35;1-2(3)4/h4-8,11-14,17-20,29,32-33,39,41-48,51-52,66,77-78H,9-10,15-16,21-28,30-31,64-65H2,1-3H3,(H,67,87)(H,68,84)(H,69,89)(H,70,85)(H,71,91)(H,72,88)(H,73,86)(H,74,90)(H,75,83)(H,79,80)(H,81,82)(H,93,94);1H3,(H,3,4)/t33-,39+,41-,42+,43?,44?,45-,46?,47?,48-,51-,52+;/m1./s1. The van der Waals surface area contributed by atoms with Gasteiger partial charge in [-0.15, -0.1) is 0 Å². The van der Waals surface area contributed by atoms with Crippen molar-refractivity contribution in [1.82, 2.24) is 57.7 Å². The van der Waals surface area contributed by atoms with E-state index < -0.39 is 186 Å². The van der Waals surface area contributed by atoms with Crippen molar-refractivity contribution in [2.75, 3.05) is 24.6 Å². The van der Waals surface area contributed by atoms with Gasteiger partial charge in [-0.1, -0.05) is 96.1 Å². The number of carboxylic acid groups (broad SMARTS) is 4. The van der Waals surface area contributed by atoms with Crippen molar-refractivity contribution < 1.29 is 97.8 Å². The lowest BCUT2D eigenvalue weighted by molar-refractivity contribution is -0.145. The predicted molar refractivity (Wildman–Crippen MR) is 364 cm³/mol. The number of phenols is 1. The monoisotopic (exact) mass is 1430 g/mol. The second-order valence-corrected chi connectivity index (χ2v) is 26.7. The molecule has 20 N–H and O–H groups in total. The molecular weight excluding hydrogens is 1350 g/mol. The number of aliphatic hydroxyl groups excluding tert-OH is 1. The number of fused-ring (bicyclic) bond motifs is 1. The Hall–Kier alpha value is -9.84. The van der Waals surface area contributed by atoms with Gasteiger partial charge in [-0.2, -0.15) is 0 Å². The number of aromatic hydroxyl groups is 1. The number of nitrogens with two attached hydrogens (primary N) is 2. The lowest BCUT2D eigenvalue weighted by atomic mass is 10.0. The number of aromatic nitrogens is 1. The molecule has 2 aliphatic heterocycles. The molecule has 12 atom stereocenters. The molecule has 0 bridgehead atoms. The molecule has 10 amide bonds. The van der Waals surface area contributed by atoms with Crippen LogP contribution < -0.4 is 59.3 Å². The molecule has 0 radical (unpaired) electrons. The maximum absolute atomic E-state index is 15.1. The molecular formula is C65H87N13O20S2. The highest BCUT2D eigenvalue weighted by Crippen LogP contribution is 2.26. The molecule has 4 unspecified atom stereocenters. The van der Waals surface area contributed by atoms with Gasteiger partial charge in [0.05, 0.1) is 18.6 Å². The molecule has 4 aromatic rings. The fourth-order valence-electron chi connectivity index (χ4n) is 10.6. The first-order valence-electron chi connectivity index (χ1n) is 32.0. The summed E-state index contributed by atoms with van der Waals surface area (Å²) in [5.41, 5.74) is 13.9. The van der Waals surface area contributed by atoms with Gasteiger partial charge in [-0.05, 0) is 86.4 Å². The van der Waals surface area contributed by atoms with Crippen LogP contribution in [-0.4, -0.2) is 221 Å². The molecule has 0 saturated carbocycles. The number of aromatic amines is 1. The summed E-state index contributed by atoms with van der Waals surface area (Å²) >= 11 is 0. The number of likely N-dealkylation sites (tertiary alicyclic amines) is 1. The number of para-hydroxylation sites is 1. The number of aliphatic hydroxyl groups is 1. The average Bonchev–Trinajstić information content (AvgIpc) is 1.61. The van der Waals surface area contributed by atoms with E-state index in [1.54, 1.807) is 60.8 Å². The third-order valence-corrected chi connectivity index (χ3v) is 18.4. The van der Waals surface area contributed by atoms with Crippen LogP contribution in [0.1, 0.15) is 89.3 Å². The van der Waals surface area contributed by atoms with E-state index >= 15 is 9.59 Å². The predicted octanol–water partition coefficient (Wildman–Crippen LogP) is -1.73. The summed E-state index contributed by atoms with van der Waals surface area (Å²) in [6, 6.07) is 3.54. The molecule has 2 fully saturated rings. The van der Waals surface area contributed by atoms with Crippen molar-refractivity contribution in [3.63, 3.8) is 0 Å². The van der Waals surface area contributed by atoms with E-state index in [-0.39, 0.29) is 70.2 Å². The largest absolute Gasteiger partial charge is 0.508 e. The molecule has 35 heteroatoms. The Morgan fingerprint density at radius 3 is 1.80 bits per heavy atom. The van der Waals surface area contributed by atoms with Gasteiger partial charge in [0, 0.05) is 67.8 Å². The number of hydrogen-bond donors (Lipinski definition) is 18. The average molecular weight is 1430 g/mol. The van der Waals surface area contributed by atoms with E-state index in [4.69, 9.17) is 26.5 Å². The Bertz CT molecular complexity index is 3540. The van der Waals surface area contributed by atoms with E-state index in [0.717, 1.165) is 33.4 Å². The molecule has 0 spiro atoms. The van der Waals surface area contributed by atoms with Gasteiger partial charge < -0.3 is 99.8 Å². The van der Waals surface area contributed by atoms with Gasteiger partial charge in [-0.3, -0.25) is 62.3 Å². The van der Waals surface area contributed by atoms with Crippen LogP contribution in [0, 0.1) is 5.92 Å². The molecule has 3 aromatic carbocycles. The summed E-state index contributed by atoms with van der Waals surface area (Å²) in [5, 5.41) is 81.3. The van der Waals surface area contributed by atoms with Gasteiger partial charge in [-0.25, -0.2) is 4.79 Å². The summed E-state index contributed by atoms with van der Waals surface area (Å²) < 4.78 is 0. The first kappa shape index (κ1) is 80.8. The van der Waals surface area contributed by atoms with Gasteiger partial charge in [0.1, 0.15) is 66.2 Å². The van der Waals surface area contributed by atoms with Crippen LogP contribution in [-0.2, 0) is 86.4 Å². The number of aliphatic carboxylic acids is 4. The van der Waals surface area contributed by atoms with E-state index in [0.29, 0.717) is 27.6 Å². The fraction of sp³-hybridized carbons (Fsp3) is 0.477. The van der Waals surface area contributed by atoms with E-state index in [1.165, 1.54) is 45.0 Å². The molecule has 6 rings (SSSR count). The van der Waals surface area contributed by atoms with Crippen LogP contribution in [0.3, 0.4) is 0 Å². The van der Waals surface area contributed by atoms with Crippen molar-refractivity contribution in [3.8, 4) is 5.75 Å². The normalized spacial score (nSPS) is 21.1. The smallest absolute Gasteiger partial charge is 0.326 e. The van der Waals surface area contributed by atoms with Crippen LogP contribution in [0.5, 0.6) is 5.75 Å². The summed E-state index contributed by atoms with van der Waals surface area (Å²) in [4.78, 5) is 194. The number of carbonyl (C=O) groups is 14. The molecule has 1 aromatic heterocycles. The van der Waals surface area contributed by atoms with Crippen molar-refractivity contribution in [1.29, 1.82) is 0 Å². The van der Waals surface area contributed by atoms with Crippen molar-refractivity contribution >= 4 is 115 Å². The SMILES string of the molecule is CC(=O)O.CC(C)[C@@H](NC(=O)C1CSSCC(NC(=O)[C@@H](CC(=O)O)NC(=O)[C@H]2CCCN2C(=O)[C@@H](NC(=O)[C@@H](N)CCC(=O)O)[C@@H](C)O)C(=O)N[C@@H](Cc2ccccc2)C(=O)NC(Cc2c[nH]c3ccccc23)C(=O)N[C@H](CCCN)C(=O)NC(Cc2ccc(O)cc2)C(=O)N1)C(=O)O. The van der Waals surface area contributed by atoms with Crippen LogP contribution >= 0.6 is 21.6 Å². The molecule has 3 heterocycles. The zero-order valence-corrected chi connectivity index (χ0v) is 56.9. The highest BCUT2D eigenvalue weighted by atomic mass is 33.1. The minimum atomic E-state index is -2.00. The third-order valence-electron chi connectivity index (χ3n) is 15.9. The topological polar surface area (TPSA) is 540 Å². The summed E-state index contributed by atoms with van der Waals surface area (Å²) in [6.07, 6.45) is -2.43. The van der Waals surface area contributed by atoms with E-state index in [2.05, 4.69) is 52.8 Å². The number of hydrogen-bond acceptors (Lipinski definition) is 20. The summed E-state index contributed by atoms with van der Waals surface area (Å²) in [5.74, 6) is -16.9. The lowest BCUT2D eigenvalue weighted by Gasteiger charge is -2.31. The van der Waals surface area contributed by atoms with Gasteiger partial charge >= 0.3 is 17.9 Å². The van der Waals surface area contributed by atoms with E-state index in [1.807, 2.05) is 0 Å². The number of benzene rings is 3. The number of H-pyrrole nitrogens is 1. The second-order valence-electron chi connectivity index (χ2n) is 24.2. The summed E-state index contributed by atoms with van der Waals surface area (Å²) in [6.45, 7) is 5.23. The van der Waals surface area contributed by atoms with Gasteiger partial charge in [0.25, 0.3) is 5.97 Å². The molecule has 2 aliphatic rings. The van der Waals surface area contributed by atoms with Gasteiger partial charge in [0.2, 0.25) is 59.1 Å². The zero-order chi connectivity index (χ0) is 73.9. The van der Waals surface area contributed by atoms with Crippen LogP contribution in [0.2, 0.25) is 0 Å². The number of carboxylic acids is 4. The summed E-state index contributed by atoms with van der Waals surface area (Å²) in [7, 11) is 1.65. The Kier molecular flexibility index (Phi) is 32.1. The van der Waals surface area contributed by atoms with E-state index in [9.17, 15) is 73.2 Å². The molecule has 0 aliphatic carbocycles. The third kappa shape index (κ3) is 25.5. The molecule has 100 heavy (non-hydrogen) atoms. The molecule has 2 saturated heterocycles. The van der Waals surface area contributed by atoms with Gasteiger partial charge in [0.15, 0.2) is 0 Å². The van der Waals surface area contributed by atoms with Crippen LogP contribution in [0.15, 0.2) is 85.1 Å². The highest BCUT2D eigenvalue weighted by Gasteiger charge is 2.42. The highest BCUT2D eigenvalue weighted by molar-refractivity contribution is 8.76.